The van der Waals surface area contributed by atoms with E-state index < -0.39 is 6.04 Å². The van der Waals surface area contributed by atoms with Crippen molar-refractivity contribution in [2.24, 2.45) is 5.92 Å². The largest absolute Gasteiger partial charge is 0.348 e. The van der Waals surface area contributed by atoms with Crippen LogP contribution in [-0.2, 0) is 11.2 Å². The normalized spacial score (nSPS) is 13.1. The molecule has 0 fully saturated rings. The number of nitrogens with one attached hydrogen (secondary N) is 2. The van der Waals surface area contributed by atoms with Gasteiger partial charge in [0.2, 0.25) is 5.91 Å². The molecule has 0 saturated carbocycles. The molecule has 0 aromatic heterocycles. The number of carbonyl (C=O) groups excluding carboxylic acids is 2. The maximum atomic E-state index is 12.7. The molecule has 0 radical (unpaired) electrons. The Morgan fingerprint density at radius 3 is 2.04 bits per heavy atom. The third-order valence-electron chi connectivity index (χ3n) is 4.52. The Balaban J connectivity index is 2.04. The molecule has 2 N–H and O–H groups in total. The van der Waals surface area contributed by atoms with Crippen LogP contribution in [0.1, 0.15) is 55.2 Å². The van der Waals surface area contributed by atoms with Crippen molar-refractivity contribution in [1.29, 1.82) is 0 Å². The van der Waals surface area contributed by atoms with E-state index in [1.807, 2.05) is 63.2 Å². The van der Waals surface area contributed by atoms with Crippen LogP contribution in [-0.4, -0.2) is 17.9 Å². The molecule has 0 unspecified atom stereocenters. The summed E-state index contributed by atoms with van der Waals surface area (Å²) in [5.41, 5.74) is 2.78. The lowest BCUT2D eigenvalue weighted by Crippen LogP contribution is -2.50. The van der Waals surface area contributed by atoms with Crippen LogP contribution < -0.4 is 10.6 Å². The first kappa shape index (κ1) is 19.7. The van der Waals surface area contributed by atoms with Crippen molar-refractivity contribution in [3.8, 4) is 0 Å². The van der Waals surface area contributed by atoms with Crippen molar-refractivity contribution >= 4 is 11.8 Å². The van der Waals surface area contributed by atoms with Gasteiger partial charge in [-0.25, -0.2) is 0 Å². The Morgan fingerprint density at radius 2 is 1.50 bits per heavy atom. The lowest BCUT2D eigenvalue weighted by atomic mass is 10.0. The second-order valence-corrected chi connectivity index (χ2v) is 6.89. The SMILES string of the molecule is CCc1ccc(C(=O)N[C@@H](C(=O)N[C@@H](C)c2ccccc2)C(C)C)cc1. The van der Waals surface area contributed by atoms with Crippen molar-refractivity contribution in [2.75, 3.05) is 0 Å². The topological polar surface area (TPSA) is 58.2 Å². The van der Waals surface area contributed by atoms with Gasteiger partial charge in [-0.15, -0.1) is 0 Å². The molecular weight excluding hydrogens is 324 g/mol. The fourth-order valence-corrected chi connectivity index (χ4v) is 2.78. The third kappa shape index (κ3) is 5.19. The van der Waals surface area contributed by atoms with Gasteiger partial charge in [0, 0.05) is 5.56 Å². The number of carbonyl (C=O) groups is 2. The molecule has 2 aromatic carbocycles. The maximum absolute atomic E-state index is 12.7. The lowest BCUT2D eigenvalue weighted by molar-refractivity contribution is -0.124. The fourth-order valence-electron chi connectivity index (χ4n) is 2.78. The van der Waals surface area contributed by atoms with Crippen molar-refractivity contribution < 1.29 is 9.59 Å². The molecule has 138 valence electrons. The Hall–Kier alpha value is -2.62. The van der Waals surface area contributed by atoms with Crippen LogP contribution >= 0.6 is 0 Å². The number of amides is 2. The van der Waals surface area contributed by atoms with Crippen LogP contribution in [0.15, 0.2) is 54.6 Å². The van der Waals surface area contributed by atoms with Gasteiger partial charge < -0.3 is 10.6 Å². The summed E-state index contributed by atoms with van der Waals surface area (Å²) in [5.74, 6) is -0.416. The molecule has 4 nitrogen and oxygen atoms in total. The molecule has 4 heteroatoms. The number of rotatable bonds is 7. The highest BCUT2D eigenvalue weighted by atomic mass is 16.2. The number of hydrogen-bond donors (Lipinski definition) is 2. The first-order valence-electron chi connectivity index (χ1n) is 9.17. The summed E-state index contributed by atoms with van der Waals surface area (Å²) in [6, 6.07) is 16.6. The van der Waals surface area contributed by atoms with Gasteiger partial charge in [-0.05, 0) is 42.5 Å². The molecule has 2 atom stereocenters. The average Bonchev–Trinajstić information content (AvgIpc) is 2.66. The van der Waals surface area contributed by atoms with Gasteiger partial charge in [-0.3, -0.25) is 9.59 Å². The molecule has 26 heavy (non-hydrogen) atoms. The quantitative estimate of drug-likeness (QED) is 0.794. The van der Waals surface area contributed by atoms with Crippen LogP contribution in [0.3, 0.4) is 0 Å². The van der Waals surface area contributed by atoms with Gasteiger partial charge in [0.25, 0.3) is 5.91 Å². The Morgan fingerprint density at radius 1 is 0.885 bits per heavy atom. The average molecular weight is 352 g/mol. The van der Waals surface area contributed by atoms with E-state index in [-0.39, 0.29) is 23.8 Å². The molecule has 0 saturated heterocycles. The van der Waals surface area contributed by atoms with Gasteiger partial charge in [-0.2, -0.15) is 0 Å². The van der Waals surface area contributed by atoms with E-state index in [1.54, 1.807) is 12.1 Å². The smallest absolute Gasteiger partial charge is 0.251 e. The van der Waals surface area contributed by atoms with Crippen LogP contribution in [0.5, 0.6) is 0 Å². The molecule has 2 rings (SSSR count). The molecule has 0 bridgehead atoms. The Kier molecular flexibility index (Phi) is 6.96. The standard InChI is InChI=1S/C22H28N2O2/c1-5-17-11-13-19(14-12-17)21(25)24-20(15(2)3)22(26)23-16(4)18-9-7-6-8-10-18/h6-16,20H,5H2,1-4H3,(H,23,26)(H,24,25)/t16-,20+/m0/s1. The second kappa shape index (κ2) is 9.18. The van der Waals surface area contributed by atoms with Crippen LogP contribution in [0.4, 0.5) is 0 Å². The number of aryl methyl sites for hydroxylation is 1. The minimum absolute atomic E-state index is 0.0168. The summed E-state index contributed by atoms with van der Waals surface area (Å²) in [6.45, 7) is 7.87. The summed E-state index contributed by atoms with van der Waals surface area (Å²) in [5, 5.41) is 5.87. The van der Waals surface area contributed by atoms with E-state index in [0.29, 0.717) is 5.56 Å². The van der Waals surface area contributed by atoms with Gasteiger partial charge in [0.1, 0.15) is 6.04 Å². The third-order valence-corrected chi connectivity index (χ3v) is 4.52. The van der Waals surface area contributed by atoms with Crippen molar-refractivity contribution in [2.45, 2.75) is 46.2 Å². The van der Waals surface area contributed by atoms with Gasteiger partial charge in [0.15, 0.2) is 0 Å². The molecule has 0 aliphatic rings. The molecule has 0 heterocycles. The van der Waals surface area contributed by atoms with E-state index >= 15 is 0 Å². The lowest BCUT2D eigenvalue weighted by Gasteiger charge is -2.24. The first-order chi connectivity index (χ1) is 12.4. The molecule has 2 amide bonds. The predicted molar refractivity (Wildman–Crippen MR) is 105 cm³/mol. The summed E-state index contributed by atoms with van der Waals surface area (Å²) >= 11 is 0. The molecule has 2 aromatic rings. The Labute approximate surface area is 156 Å². The van der Waals surface area contributed by atoms with Gasteiger partial charge in [0.05, 0.1) is 6.04 Å². The predicted octanol–water partition coefficient (Wildman–Crippen LogP) is 3.88. The Bertz CT molecular complexity index is 724. The fraction of sp³-hybridized carbons (Fsp3) is 0.364. The minimum atomic E-state index is -0.584. The van der Waals surface area contributed by atoms with Crippen LogP contribution in [0.2, 0.25) is 0 Å². The summed E-state index contributed by atoms with van der Waals surface area (Å²) in [7, 11) is 0. The van der Waals surface area contributed by atoms with Gasteiger partial charge >= 0.3 is 0 Å². The monoisotopic (exact) mass is 352 g/mol. The zero-order valence-corrected chi connectivity index (χ0v) is 16.0. The molecule has 0 spiro atoms. The molecule has 0 aliphatic carbocycles. The second-order valence-electron chi connectivity index (χ2n) is 6.89. The van der Waals surface area contributed by atoms with Gasteiger partial charge in [-0.1, -0.05) is 63.2 Å². The molecule has 0 aliphatic heterocycles. The van der Waals surface area contributed by atoms with E-state index in [1.165, 1.54) is 5.56 Å². The highest BCUT2D eigenvalue weighted by molar-refractivity contribution is 5.97. The van der Waals surface area contributed by atoms with Crippen LogP contribution in [0, 0.1) is 5.92 Å². The summed E-state index contributed by atoms with van der Waals surface area (Å²) in [6.07, 6.45) is 0.927. The summed E-state index contributed by atoms with van der Waals surface area (Å²) < 4.78 is 0. The highest BCUT2D eigenvalue weighted by Crippen LogP contribution is 2.13. The van der Waals surface area contributed by atoms with E-state index in [4.69, 9.17) is 0 Å². The van der Waals surface area contributed by atoms with E-state index in [0.717, 1.165) is 12.0 Å². The number of hydrogen-bond acceptors (Lipinski definition) is 2. The zero-order chi connectivity index (χ0) is 19.1. The first-order valence-corrected chi connectivity index (χ1v) is 9.17. The van der Waals surface area contributed by atoms with Crippen molar-refractivity contribution in [1.82, 2.24) is 10.6 Å². The van der Waals surface area contributed by atoms with Crippen molar-refractivity contribution in [3.05, 3.63) is 71.3 Å². The number of benzene rings is 2. The van der Waals surface area contributed by atoms with E-state index in [9.17, 15) is 9.59 Å². The minimum Gasteiger partial charge on any atom is -0.348 e. The molecular formula is C22H28N2O2. The highest BCUT2D eigenvalue weighted by Gasteiger charge is 2.25. The van der Waals surface area contributed by atoms with Crippen molar-refractivity contribution in [3.63, 3.8) is 0 Å². The zero-order valence-electron chi connectivity index (χ0n) is 16.0. The van der Waals surface area contributed by atoms with Crippen LogP contribution in [0.25, 0.3) is 0 Å². The maximum Gasteiger partial charge on any atom is 0.251 e. The van der Waals surface area contributed by atoms with E-state index in [2.05, 4.69) is 17.6 Å². The summed E-state index contributed by atoms with van der Waals surface area (Å²) in [4.78, 5) is 25.2.